The van der Waals surface area contributed by atoms with Crippen LogP contribution < -0.4 is 4.72 Å². The standard InChI is InChI=1S/C11H14ClF2NO2S/c1-8(4-5-12)7-15-18(16,17)9-2-3-10(13)11(14)6-9/h2-3,6,8,15H,4-5,7H2,1H3. The van der Waals surface area contributed by atoms with Crippen LogP contribution in [-0.2, 0) is 10.0 Å². The van der Waals surface area contributed by atoms with Crippen molar-refractivity contribution in [3.05, 3.63) is 29.8 Å². The largest absolute Gasteiger partial charge is 0.240 e. The third kappa shape index (κ3) is 4.19. The van der Waals surface area contributed by atoms with Gasteiger partial charge in [0.2, 0.25) is 10.0 Å². The Morgan fingerprint density at radius 1 is 1.33 bits per heavy atom. The molecule has 0 heterocycles. The molecule has 0 aliphatic heterocycles. The van der Waals surface area contributed by atoms with Crippen LogP contribution in [0.15, 0.2) is 23.1 Å². The molecule has 0 radical (unpaired) electrons. The van der Waals surface area contributed by atoms with E-state index in [4.69, 9.17) is 11.6 Å². The SMILES string of the molecule is CC(CCCl)CNS(=O)(=O)c1ccc(F)c(F)c1. The van der Waals surface area contributed by atoms with Gasteiger partial charge in [-0.25, -0.2) is 21.9 Å². The average Bonchev–Trinajstić information content (AvgIpc) is 2.30. The third-order valence-corrected chi connectivity index (χ3v) is 4.06. The molecule has 1 aromatic rings. The third-order valence-electron chi connectivity index (χ3n) is 2.43. The van der Waals surface area contributed by atoms with Gasteiger partial charge in [0.1, 0.15) is 0 Å². The van der Waals surface area contributed by atoms with Crippen molar-refractivity contribution >= 4 is 21.6 Å². The zero-order valence-corrected chi connectivity index (χ0v) is 11.4. The second kappa shape index (κ2) is 6.45. The lowest BCUT2D eigenvalue weighted by molar-refractivity contribution is 0.502. The van der Waals surface area contributed by atoms with Crippen LogP contribution in [-0.4, -0.2) is 20.8 Å². The van der Waals surface area contributed by atoms with Gasteiger partial charge in [0, 0.05) is 12.4 Å². The van der Waals surface area contributed by atoms with E-state index in [0.717, 1.165) is 12.1 Å². The smallest absolute Gasteiger partial charge is 0.211 e. The van der Waals surface area contributed by atoms with Gasteiger partial charge >= 0.3 is 0 Å². The molecule has 0 aliphatic rings. The molecule has 0 bridgehead atoms. The summed E-state index contributed by atoms with van der Waals surface area (Å²) in [5.74, 6) is -1.76. The molecule has 18 heavy (non-hydrogen) atoms. The Hall–Kier alpha value is -0.720. The zero-order chi connectivity index (χ0) is 13.8. The molecule has 1 atom stereocenters. The normalized spacial score (nSPS) is 13.6. The lowest BCUT2D eigenvalue weighted by Crippen LogP contribution is -2.28. The number of sulfonamides is 1. The summed E-state index contributed by atoms with van der Waals surface area (Å²) < 4.78 is 51.5. The van der Waals surface area contributed by atoms with Crippen LogP contribution in [0.3, 0.4) is 0 Å². The highest BCUT2D eigenvalue weighted by Gasteiger charge is 2.17. The van der Waals surface area contributed by atoms with Gasteiger partial charge in [-0.2, -0.15) is 0 Å². The van der Waals surface area contributed by atoms with Crippen LogP contribution in [0.4, 0.5) is 8.78 Å². The minimum absolute atomic E-state index is 0.0718. The quantitative estimate of drug-likeness (QED) is 0.820. The molecule has 0 saturated carbocycles. The zero-order valence-electron chi connectivity index (χ0n) is 9.79. The van der Waals surface area contributed by atoms with Gasteiger partial charge in [-0.3, -0.25) is 0 Å². The molecule has 1 rings (SSSR count). The highest BCUT2D eigenvalue weighted by atomic mass is 35.5. The van der Waals surface area contributed by atoms with E-state index in [-0.39, 0.29) is 17.4 Å². The minimum Gasteiger partial charge on any atom is -0.211 e. The van der Waals surface area contributed by atoms with Gasteiger partial charge in [-0.1, -0.05) is 6.92 Å². The molecule has 0 fully saturated rings. The van der Waals surface area contributed by atoms with Crippen molar-refractivity contribution in [1.29, 1.82) is 0 Å². The molecular weight excluding hydrogens is 284 g/mol. The highest BCUT2D eigenvalue weighted by Crippen LogP contribution is 2.14. The lowest BCUT2D eigenvalue weighted by Gasteiger charge is -2.11. The summed E-state index contributed by atoms with van der Waals surface area (Å²) in [5.41, 5.74) is 0. The maximum Gasteiger partial charge on any atom is 0.240 e. The molecule has 0 aliphatic carbocycles. The van der Waals surface area contributed by atoms with E-state index >= 15 is 0 Å². The number of alkyl halides is 1. The summed E-state index contributed by atoms with van der Waals surface area (Å²) in [4.78, 5) is -0.292. The van der Waals surface area contributed by atoms with Gasteiger partial charge < -0.3 is 0 Å². The van der Waals surface area contributed by atoms with Crippen LogP contribution in [0.1, 0.15) is 13.3 Å². The van der Waals surface area contributed by atoms with Crippen molar-refractivity contribution in [3.8, 4) is 0 Å². The molecular formula is C11H14ClF2NO2S. The van der Waals surface area contributed by atoms with Gasteiger partial charge in [-0.05, 0) is 30.5 Å². The molecule has 3 nitrogen and oxygen atoms in total. The van der Waals surface area contributed by atoms with E-state index in [1.54, 1.807) is 0 Å². The summed E-state index contributed by atoms with van der Waals surface area (Å²) in [5, 5.41) is 0. The summed E-state index contributed by atoms with van der Waals surface area (Å²) >= 11 is 5.53. The van der Waals surface area contributed by atoms with E-state index in [0.29, 0.717) is 18.4 Å². The van der Waals surface area contributed by atoms with Crippen molar-refractivity contribution in [2.24, 2.45) is 5.92 Å². The Kier molecular flexibility index (Phi) is 5.49. The molecule has 1 aromatic carbocycles. The monoisotopic (exact) mass is 297 g/mol. The minimum atomic E-state index is -3.81. The number of hydrogen-bond acceptors (Lipinski definition) is 2. The van der Waals surface area contributed by atoms with Crippen LogP contribution in [0.2, 0.25) is 0 Å². The Bertz CT molecular complexity index is 508. The maximum atomic E-state index is 12.9. The van der Waals surface area contributed by atoms with E-state index in [1.807, 2.05) is 6.92 Å². The second-order valence-electron chi connectivity index (χ2n) is 4.01. The second-order valence-corrected chi connectivity index (χ2v) is 6.16. The van der Waals surface area contributed by atoms with Crippen LogP contribution >= 0.6 is 11.6 Å². The van der Waals surface area contributed by atoms with Gasteiger partial charge in [0.05, 0.1) is 4.90 Å². The molecule has 0 saturated heterocycles. The molecule has 0 amide bonds. The van der Waals surface area contributed by atoms with Crippen LogP contribution in [0, 0.1) is 17.6 Å². The van der Waals surface area contributed by atoms with Crippen molar-refractivity contribution in [2.75, 3.05) is 12.4 Å². The van der Waals surface area contributed by atoms with Crippen molar-refractivity contribution < 1.29 is 17.2 Å². The lowest BCUT2D eigenvalue weighted by atomic mass is 10.1. The van der Waals surface area contributed by atoms with E-state index in [1.165, 1.54) is 0 Å². The number of benzene rings is 1. The topological polar surface area (TPSA) is 46.2 Å². The number of halogens is 3. The molecule has 0 spiro atoms. The molecule has 1 unspecified atom stereocenters. The molecule has 0 aromatic heterocycles. The Labute approximate surface area is 110 Å². The first-order valence-electron chi connectivity index (χ1n) is 5.37. The van der Waals surface area contributed by atoms with Crippen molar-refractivity contribution in [1.82, 2.24) is 4.72 Å². The molecule has 7 heteroatoms. The molecule has 102 valence electrons. The number of nitrogens with one attached hydrogen (secondary N) is 1. The van der Waals surface area contributed by atoms with Gasteiger partial charge in [0.15, 0.2) is 11.6 Å². The Balaban J connectivity index is 2.77. The fourth-order valence-electron chi connectivity index (χ4n) is 1.27. The van der Waals surface area contributed by atoms with Gasteiger partial charge in [-0.15, -0.1) is 11.6 Å². The summed E-state index contributed by atoms with van der Waals surface area (Å²) in [6, 6.07) is 2.46. The summed E-state index contributed by atoms with van der Waals surface area (Å²) in [6.45, 7) is 2.05. The van der Waals surface area contributed by atoms with Crippen LogP contribution in [0.5, 0.6) is 0 Å². The van der Waals surface area contributed by atoms with Gasteiger partial charge in [0.25, 0.3) is 0 Å². The van der Waals surface area contributed by atoms with Crippen molar-refractivity contribution in [2.45, 2.75) is 18.2 Å². The summed E-state index contributed by atoms with van der Waals surface area (Å²) in [6.07, 6.45) is 0.669. The predicted molar refractivity (Wildman–Crippen MR) is 66.0 cm³/mol. The molecule has 1 N–H and O–H groups in total. The van der Waals surface area contributed by atoms with Crippen LogP contribution in [0.25, 0.3) is 0 Å². The first-order valence-corrected chi connectivity index (χ1v) is 7.39. The predicted octanol–water partition coefficient (Wildman–Crippen LogP) is 2.51. The Morgan fingerprint density at radius 3 is 2.56 bits per heavy atom. The summed E-state index contributed by atoms with van der Waals surface area (Å²) in [7, 11) is -3.81. The fourth-order valence-corrected chi connectivity index (χ4v) is 2.82. The number of rotatable bonds is 6. The first-order chi connectivity index (χ1) is 8.36. The first kappa shape index (κ1) is 15.3. The number of hydrogen-bond donors (Lipinski definition) is 1. The fraction of sp³-hybridized carbons (Fsp3) is 0.455. The Morgan fingerprint density at radius 2 is 2.00 bits per heavy atom. The van der Waals surface area contributed by atoms with Crippen molar-refractivity contribution in [3.63, 3.8) is 0 Å². The highest BCUT2D eigenvalue weighted by molar-refractivity contribution is 7.89. The van der Waals surface area contributed by atoms with E-state index in [2.05, 4.69) is 4.72 Å². The maximum absolute atomic E-state index is 12.9. The van der Waals surface area contributed by atoms with E-state index < -0.39 is 21.7 Å². The van der Waals surface area contributed by atoms with E-state index in [9.17, 15) is 17.2 Å². The average molecular weight is 298 g/mol.